The quantitative estimate of drug-likeness (QED) is 0.536. The van der Waals surface area contributed by atoms with Crippen molar-refractivity contribution in [2.45, 2.75) is 13.5 Å². The van der Waals surface area contributed by atoms with Crippen LogP contribution in [0.15, 0.2) is 73.2 Å². The molecule has 2 heterocycles. The van der Waals surface area contributed by atoms with E-state index in [4.69, 9.17) is 4.74 Å². The molecule has 7 heteroatoms. The first-order valence-corrected chi connectivity index (χ1v) is 9.49. The van der Waals surface area contributed by atoms with Gasteiger partial charge >= 0.3 is 0 Å². The third-order valence-electron chi connectivity index (χ3n) is 4.79. The standard InChI is InChI=1S/C23H21N5O2/c1-16-21(14-27-28(16)19-6-4-3-5-7-19)23(29)24-13-18-12-22(26-15-25-18)17-8-10-20(30-2)11-9-17/h3-12,14-15H,13H2,1-2H3,(H,24,29). The SMILES string of the molecule is COc1ccc(-c2cc(CNC(=O)c3cnn(-c4ccccc4)c3C)ncn2)cc1. The molecular weight excluding hydrogens is 378 g/mol. The van der Waals surface area contributed by atoms with Gasteiger partial charge in [-0.2, -0.15) is 5.10 Å². The Labute approximate surface area is 174 Å². The molecule has 4 rings (SSSR count). The van der Waals surface area contributed by atoms with Gasteiger partial charge in [-0.05, 0) is 49.4 Å². The summed E-state index contributed by atoms with van der Waals surface area (Å²) in [5, 5.41) is 7.27. The highest BCUT2D eigenvalue weighted by molar-refractivity contribution is 5.95. The fourth-order valence-electron chi connectivity index (χ4n) is 3.14. The number of nitrogens with zero attached hydrogens (tertiary/aromatic N) is 4. The molecule has 0 unspecified atom stereocenters. The van der Waals surface area contributed by atoms with Crippen molar-refractivity contribution in [2.75, 3.05) is 7.11 Å². The van der Waals surface area contributed by atoms with E-state index in [9.17, 15) is 4.79 Å². The maximum absolute atomic E-state index is 12.7. The van der Waals surface area contributed by atoms with E-state index in [1.54, 1.807) is 18.0 Å². The minimum Gasteiger partial charge on any atom is -0.497 e. The number of hydrogen-bond donors (Lipinski definition) is 1. The Balaban J connectivity index is 1.46. The van der Waals surface area contributed by atoms with Crippen LogP contribution in [-0.4, -0.2) is 32.8 Å². The third-order valence-corrected chi connectivity index (χ3v) is 4.79. The van der Waals surface area contributed by atoms with Gasteiger partial charge in [0.1, 0.15) is 12.1 Å². The lowest BCUT2D eigenvalue weighted by molar-refractivity contribution is 0.0949. The zero-order valence-electron chi connectivity index (χ0n) is 16.7. The van der Waals surface area contributed by atoms with Gasteiger partial charge in [0.05, 0.1) is 48.2 Å². The summed E-state index contributed by atoms with van der Waals surface area (Å²) in [5.41, 5.74) is 4.67. The van der Waals surface area contributed by atoms with E-state index in [1.165, 1.54) is 6.33 Å². The van der Waals surface area contributed by atoms with Crippen LogP contribution in [0.1, 0.15) is 21.7 Å². The maximum atomic E-state index is 12.7. The number of nitrogens with one attached hydrogen (secondary N) is 1. The smallest absolute Gasteiger partial charge is 0.255 e. The maximum Gasteiger partial charge on any atom is 0.255 e. The molecule has 0 aliphatic heterocycles. The number of benzene rings is 2. The molecule has 0 radical (unpaired) electrons. The van der Waals surface area contributed by atoms with Gasteiger partial charge in [0.25, 0.3) is 5.91 Å². The highest BCUT2D eigenvalue weighted by atomic mass is 16.5. The van der Waals surface area contributed by atoms with E-state index in [-0.39, 0.29) is 5.91 Å². The molecule has 7 nitrogen and oxygen atoms in total. The number of ether oxygens (including phenoxy) is 1. The van der Waals surface area contributed by atoms with Crippen molar-refractivity contribution in [1.29, 1.82) is 0 Å². The Kier molecular flexibility index (Phi) is 5.52. The van der Waals surface area contributed by atoms with Crippen LogP contribution in [0.25, 0.3) is 16.9 Å². The Hall–Kier alpha value is -4.00. The molecule has 0 fully saturated rings. The van der Waals surface area contributed by atoms with Crippen LogP contribution in [0.5, 0.6) is 5.75 Å². The average molecular weight is 399 g/mol. The van der Waals surface area contributed by atoms with Crippen molar-refractivity contribution in [2.24, 2.45) is 0 Å². The predicted octanol–water partition coefficient (Wildman–Crippen LogP) is 3.58. The molecule has 0 atom stereocenters. The molecule has 1 N–H and O–H groups in total. The van der Waals surface area contributed by atoms with E-state index in [0.717, 1.165) is 34.1 Å². The van der Waals surface area contributed by atoms with Crippen LogP contribution < -0.4 is 10.1 Å². The van der Waals surface area contributed by atoms with Gasteiger partial charge in [0.2, 0.25) is 0 Å². The second-order valence-electron chi connectivity index (χ2n) is 6.70. The van der Waals surface area contributed by atoms with E-state index < -0.39 is 0 Å². The predicted molar refractivity (Wildman–Crippen MR) is 113 cm³/mol. The monoisotopic (exact) mass is 399 g/mol. The van der Waals surface area contributed by atoms with Gasteiger partial charge in [0.15, 0.2) is 0 Å². The fraction of sp³-hybridized carbons (Fsp3) is 0.130. The van der Waals surface area contributed by atoms with Crippen molar-refractivity contribution in [3.63, 3.8) is 0 Å². The Morgan fingerprint density at radius 3 is 2.57 bits per heavy atom. The highest BCUT2D eigenvalue weighted by Gasteiger charge is 2.15. The molecule has 1 amide bonds. The van der Waals surface area contributed by atoms with Crippen LogP contribution >= 0.6 is 0 Å². The van der Waals surface area contributed by atoms with Crippen LogP contribution in [0.4, 0.5) is 0 Å². The van der Waals surface area contributed by atoms with Crippen molar-refractivity contribution >= 4 is 5.91 Å². The van der Waals surface area contributed by atoms with Crippen LogP contribution in [0, 0.1) is 6.92 Å². The molecule has 4 aromatic rings. The summed E-state index contributed by atoms with van der Waals surface area (Å²) >= 11 is 0. The molecule has 0 saturated carbocycles. The molecule has 0 aliphatic rings. The minimum atomic E-state index is -0.195. The molecule has 2 aromatic carbocycles. The molecule has 30 heavy (non-hydrogen) atoms. The van der Waals surface area contributed by atoms with E-state index >= 15 is 0 Å². The van der Waals surface area contributed by atoms with Gasteiger partial charge in [-0.15, -0.1) is 0 Å². The lowest BCUT2D eigenvalue weighted by Gasteiger charge is -2.08. The average Bonchev–Trinajstić information content (AvgIpc) is 3.19. The summed E-state index contributed by atoms with van der Waals surface area (Å²) < 4.78 is 6.94. The van der Waals surface area contributed by atoms with E-state index in [1.807, 2.05) is 67.6 Å². The number of aromatic nitrogens is 4. The third kappa shape index (κ3) is 4.05. The molecule has 0 spiro atoms. The number of methoxy groups -OCH3 is 1. The molecular formula is C23H21N5O2. The molecule has 0 saturated heterocycles. The second kappa shape index (κ2) is 8.57. The summed E-state index contributed by atoms with van der Waals surface area (Å²) in [7, 11) is 1.63. The van der Waals surface area contributed by atoms with Gasteiger partial charge < -0.3 is 10.1 Å². The highest BCUT2D eigenvalue weighted by Crippen LogP contribution is 2.20. The largest absolute Gasteiger partial charge is 0.497 e. The van der Waals surface area contributed by atoms with Crippen molar-refractivity contribution in [1.82, 2.24) is 25.1 Å². The van der Waals surface area contributed by atoms with Crippen LogP contribution in [-0.2, 0) is 6.54 Å². The first kappa shape index (κ1) is 19.3. The Bertz CT molecular complexity index is 1150. The number of rotatable bonds is 6. The summed E-state index contributed by atoms with van der Waals surface area (Å²) in [6.07, 6.45) is 3.08. The number of hydrogen-bond acceptors (Lipinski definition) is 5. The topological polar surface area (TPSA) is 81.9 Å². The Morgan fingerprint density at radius 2 is 1.83 bits per heavy atom. The minimum absolute atomic E-state index is 0.195. The van der Waals surface area contributed by atoms with Gasteiger partial charge in [-0.25, -0.2) is 14.6 Å². The second-order valence-corrected chi connectivity index (χ2v) is 6.70. The van der Waals surface area contributed by atoms with Crippen molar-refractivity contribution in [3.8, 4) is 22.7 Å². The molecule has 150 valence electrons. The summed E-state index contributed by atoms with van der Waals surface area (Å²) in [6.45, 7) is 2.17. The summed E-state index contributed by atoms with van der Waals surface area (Å²) in [4.78, 5) is 21.3. The van der Waals surface area contributed by atoms with E-state index in [0.29, 0.717) is 12.1 Å². The molecule has 0 aliphatic carbocycles. The van der Waals surface area contributed by atoms with Crippen molar-refractivity contribution < 1.29 is 9.53 Å². The molecule has 2 aromatic heterocycles. The molecule has 0 bridgehead atoms. The van der Waals surface area contributed by atoms with Crippen molar-refractivity contribution in [3.05, 3.63) is 90.1 Å². The number of carbonyl (C=O) groups excluding carboxylic acids is 1. The number of amides is 1. The lowest BCUT2D eigenvalue weighted by atomic mass is 10.1. The first-order chi connectivity index (χ1) is 14.7. The number of para-hydroxylation sites is 1. The van der Waals surface area contributed by atoms with E-state index in [2.05, 4.69) is 20.4 Å². The fourth-order valence-corrected chi connectivity index (χ4v) is 3.14. The first-order valence-electron chi connectivity index (χ1n) is 9.49. The normalized spacial score (nSPS) is 10.6. The van der Waals surface area contributed by atoms with Gasteiger partial charge in [-0.3, -0.25) is 4.79 Å². The van der Waals surface area contributed by atoms with Crippen LogP contribution in [0.2, 0.25) is 0 Å². The number of carbonyl (C=O) groups is 1. The summed E-state index contributed by atoms with van der Waals surface area (Å²) in [6, 6.07) is 19.2. The van der Waals surface area contributed by atoms with Crippen LogP contribution in [0.3, 0.4) is 0 Å². The zero-order chi connectivity index (χ0) is 20.9. The van der Waals surface area contributed by atoms with Gasteiger partial charge in [-0.1, -0.05) is 18.2 Å². The van der Waals surface area contributed by atoms with Gasteiger partial charge in [0, 0.05) is 5.56 Å². The Morgan fingerprint density at radius 1 is 1.07 bits per heavy atom. The summed E-state index contributed by atoms with van der Waals surface area (Å²) in [5.74, 6) is 0.589. The lowest BCUT2D eigenvalue weighted by Crippen LogP contribution is -2.24. The zero-order valence-corrected chi connectivity index (χ0v) is 16.7.